The summed E-state index contributed by atoms with van der Waals surface area (Å²) in [6.45, 7) is 1.88. The monoisotopic (exact) mass is 269 g/mol. The maximum atomic E-state index is 11.7. The second-order valence-electron chi connectivity index (χ2n) is 3.37. The molecule has 1 heterocycles. The lowest BCUT2D eigenvalue weighted by molar-refractivity contribution is 0.102. The number of rotatable bonds is 2. The van der Waals surface area contributed by atoms with Crippen LogP contribution in [0.4, 0.5) is 10.8 Å². The summed E-state index contributed by atoms with van der Waals surface area (Å²) in [5.74, 6) is -0.172. The van der Waals surface area contributed by atoms with Crippen molar-refractivity contribution in [2.24, 2.45) is 0 Å². The first-order chi connectivity index (χ1) is 7.65. The molecule has 1 aromatic heterocycles. The predicted octanol–water partition coefficient (Wildman–Crippen LogP) is 2.71. The molecule has 0 fully saturated rings. The molecular formula is C11H12ClN3OS. The highest BCUT2D eigenvalue weighted by Crippen LogP contribution is 2.16. The number of hydrogen-bond acceptors (Lipinski definition) is 4. The highest BCUT2D eigenvalue weighted by molar-refractivity contribution is 7.13. The van der Waals surface area contributed by atoms with Gasteiger partial charge in [-0.3, -0.25) is 10.1 Å². The topological polar surface area (TPSA) is 68.0 Å². The van der Waals surface area contributed by atoms with Gasteiger partial charge in [-0.2, -0.15) is 0 Å². The summed E-state index contributed by atoms with van der Waals surface area (Å²) in [5.41, 5.74) is 7.65. The maximum Gasteiger partial charge on any atom is 0.257 e. The van der Waals surface area contributed by atoms with Crippen LogP contribution in [0.15, 0.2) is 29.6 Å². The van der Waals surface area contributed by atoms with Gasteiger partial charge in [-0.1, -0.05) is 0 Å². The number of carbonyl (C=O) groups excluding carboxylic acids is 1. The Morgan fingerprint density at radius 3 is 2.53 bits per heavy atom. The number of aromatic nitrogens is 1. The predicted molar refractivity (Wildman–Crippen MR) is 72.9 cm³/mol. The van der Waals surface area contributed by atoms with E-state index in [4.69, 9.17) is 5.73 Å². The Kier molecular flexibility index (Phi) is 4.48. The van der Waals surface area contributed by atoms with Crippen molar-refractivity contribution >= 4 is 40.5 Å². The number of nitrogens with two attached hydrogens (primary N) is 1. The Morgan fingerprint density at radius 1 is 1.35 bits per heavy atom. The minimum absolute atomic E-state index is 0. The molecule has 1 amide bonds. The molecule has 3 N–H and O–H groups in total. The van der Waals surface area contributed by atoms with E-state index in [-0.39, 0.29) is 18.3 Å². The average molecular weight is 270 g/mol. The molecule has 0 bridgehead atoms. The molecule has 0 saturated heterocycles. The van der Waals surface area contributed by atoms with E-state index in [9.17, 15) is 4.79 Å². The first-order valence-electron chi connectivity index (χ1n) is 4.74. The molecule has 1 aromatic carbocycles. The van der Waals surface area contributed by atoms with Gasteiger partial charge in [-0.15, -0.1) is 23.7 Å². The lowest BCUT2D eigenvalue weighted by Gasteiger charge is -2.01. The third-order valence-corrected chi connectivity index (χ3v) is 2.89. The number of amides is 1. The van der Waals surface area contributed by atoms with Crippen molar-refractivity contribution in [2.75, 3.05) is 11.1 Å². The molecule has 0 spiro atoms. The molecule has 4 nitrogen and oxygen atoms in total. The quantitative estimate of drug-likeness (QED) is 0.824. The zero-order valence-electron chi connectivity index (χ0n) is 9.14. The maximum absolute atomic E-state index is 11.7. The number of benzene rings is 1. The second kappa shape index (κ2) is 5.65. The van der Waals surface area contributed by atoms with Crippen LogP contribution in [0.3, 0.4) is 0 Å². The fourth-order valence-electron chi connectivity index (χ4n) is 1.22. The molecule has 2 rings (SSSR count). The number of hydrogen-bond donors (Lipinski definition) is 2. The van der Waals surface area contributed by atoms with Gasteiger partial charge in [0.05, 0.1) is 5.69 Å². The summed E-state index contributed by atoms with van der Waals surface area (Å²) >= 11 is 1.41. The lowest BCUT2D eigenvalue weighted by atomic mass is 10.2. The molecule has 0 saturated carbocycles. The van der Waals surface area contributed by atoms with Gasteiger partial charge < -0.3 is 5.73 Å². The van der Waals surface area contributed by atoms with Crippen LogP contribution in [-0.4, -0.2) is 10.9 Å². The minimum atomic E-state index is -0.172. The summed E-state index contributed by atoms with van der Waals surface area (Å²) in [5, 5.41) is 5.22. The highest BCUT2D eigenvalue weighted by Gasteiger charge is 2.07. The smallest absolute Gasteiger partial charge is 0.257 e. The normalized spacial score (nSPS) is 9.47. The Hall–Kier alpha value is -1.59. The van der Waals surface area contributed by atoms with E-state index < -0.39 is 0 Å². The highest BCUT2D eigenvalue weighted by atomic mass is 35.5. The SMILES string of the molecule is Cc1csc(NC(=O)c2ccc(N)cc2)n1.Cl. The number of nitrogen functional groups attached to an aromatic ring is 1. The van der Waals surface area contributed by atoms with Gasteiger partial charge in [-0.25, -0.2) is 4.98 Å². The van der Waals surface area contributed by atoms with Crippen LogP contribution >= 0.6 is 23.7 Å². The van der Waals surface area contributed by atoms with Crippen LogP contribution in [0.25, 0.3) is 0 Å². The van der Waals surface area contributed by atoms with Crippen LogP contribution in [0.2, 0.25) is 0 Å². The number of nitrogens with one attached hydrogen (secondary N) is 1. The van der Waals surface area contributed by atoms with Crippen molar-refractivity contribution in [1.29, 1.82) is 0 Å². The molecule has 90 valence electrons. The molecule has 17 heavy (non-hydrogen) atoms. The molecule has 2 aromatic rings. The van der Waals surface area contributed by atoms with Gasteiger partial charge in [0.1, 0.15) is 0 Å². The van der Waals surface area contributed by atoms with E-state index in [2.05, 4.69) is 10.3 Å². The number of carbonyl (C=O) groups is 1. The third-order valence-electron chi connectivity index (χ3n) is 2.01. The van der Waals surface area contributed by atoms with E-state index in [1.54, 1.807) is 24.3 Å². The molecular weight excluding hydrogens is 258 g/mol. The first kappa shape index (κ1) is 13.5. The number of nitrogens with zero attached hydrogens (tertiary/aromatic N) is 1. The zero-order valence-corrected chi connectivity index (χ0v) is 10.8. The van der Waals surface area contributed by atoms with Crippen molar-refractivity contribution in [3.05, 3.63) is 40.9 Å². The zero-order chi connectivity index (χ0) is 11.5. The van der Waals surface area contributed by atoms with Crippen molar-refractivity contribution in [3.8, 4) is 0 Å². The summed E-state index contributed by atoms with van der Waals surface area (Å²) in [6.07, 6.45) is 0. The van der Waals surface area contributed by atoms with Crippen LogP contribution in [0, 0.1) is 6.92 Å². The summed E-state index contributed by atoms with van der Waals surface area (Å²) in [6, 6.07) is 6.76. The fourth-order valence-corrected chi connectivity index (χ4v) is 1.90. The van der Waals surface area contributed by atoms with E-state index in [0.717, 1.165) is 5.69 Å². The Labute approximate surface area is 109 Å². The molecule has 0 aliphatic heterocycles. The molecule has 0 aliphatic carbocycles. The Bertz CT molecular complexity index is 510. The molecule has 0 aliphatic rings. The molecule has 0 atom stereocenters. The van der Waals surface area contributed by atoms with Crippen LogP contribution in [-0.2, 0) is 0 Å². The standard InChI is InChI=1S/C11H11N3OS.ClH/c1-7-6-16-11(13-7)14-10(15)8-2-4-9(12)5-3-8;/h2-6H,12H2,1H3,(H,13,14,15);1H. The van der Waals surface area contributed by atoms with Crippen LogP contribution in [0.1, 0.15) is 16.1 Å². The van der Waals surface area contributed by atoms with Gasteiger partial charge in [0.25, 0.3) is 5.91 Å². The summed E-state index contributed by atoms with van der Waals surface area (Å²) in [7, 11) is 0. The van der Waals surface area contributed by atoms with E-state index >= 15 is 0 Å². The number of halogens is 1. The van der Waals surface area contributed by atoms with Crippen molar-refractivity contribution in [2.45, 2.75) is 6.92 Å². The first-order valence-corrected chi connectivity index (χ1v) is 5.62. The summed E-state index contributed by atoms with van der Waals surface area (Å²) < 4.78 is 0. The number of thiazole rings is 1. The van der Waals surface area contributed by atoms with Crippen molar-refractivity contribution in [3.63, 3.8) is 0 Å². The molecule has 0 radical (unpaired) electrons. The van der Waals surface area contributed by atoms with Gasteiger partial charge in [-0.05, 0) is 31.2 Å². The van der Waals surface area contributed by atoms with Gasteiger partial charge >= 0.3 is 0 Å². The molecule has 6 heteroatoms. The van der Waals surface area contributed by atoms with Crippen molar-refractivity contribution < 1.29 is 4.79 Å². The van der Waals surface area contributed by atoms with Crippen LogP contribution < -0.4 is 11.1 Å². The Balaban J connectivity index is 0.00000144. The average Bonchev–Trinajstić information content (AvgIpc) is 2.65. The van der Waals surface area contributed by atoms with Gasteiger partial charge in [0, 0.05) is 16.6 Å². The van der Waals surface area contributed by atoms with E-state index in [1.807, 2.05) is 12.3 Å². The molecule has 0 unspecified atom stereocenters. The minimum Gasteiger partial charge on any atom is -0.399 e. The van der Waals surface area contributed by atoms with E-state index in [0.29, 0.717) is 16.4 Å². The van der Waals surface area contributed by atoms with Crippen LogP contribution in [0.5, 0.6) is 0 Å². The second-order valence-corrected chi connectivity index (χ2v) is 4.23. The van der Waals surface area contributed by atoms with Gasteiger partial charge in [0.2, 0.25) is 0 Å². The summed E-state index contributed by atoms with van der Waals surface area (Å²) in [4.78, 5) is 15.9. The third kappa shape index (κ3) is 3.44. The lowest BCUT2D eigenvalue weighted by Crippen LogP contribution is -2.11. The Morgan fingerprint density at radius 2 is 2.00 bits per heavy atom. The fraction of sp³-hybridized carbons (Fsp3) is 0.0909. The largest absolute Gasteiger partial charge is 0.399 e. The number of aryl methyl sites for hydroxylation is 1. The van der Waals surface area contributed by atoms with Crippen molar-refractivity contribution in [1.82, 2.24) is 4.98 Å². The van der Waals surface area contributed by atoms with Gasteiger partial charge in [0.15, 0.2) is 5.13 Å². The van der Waals surface area contributed by atoms with E-state index in [1.165, 1.54) is 11.3 Å². The number of anilines is 2.